The van der Waals surface area contributed by atoms with E-state index in [1.54, 1.807) is 24.3 Å². The molecule has 0 amide bonds. The van der Waals surface area contributed by atoms with Crippen molar-refractivity contribution in [2.24, 2.45) is 0 Å². The molecule has 0 N–H and O–H groups in total. The van der Waals surface area contributed by atoms with Gasteiger partial charge in [0.25, 0.3) is 0 Å². The number of carbonyl (C=O) groups is 1. The molecule has 3 aromatic rings. The number of nitrogens with zero attached hydrogens (tertiary/aromatic N) is 1. The minimum atomic E-state index is -0.403. The number of rotatable bonds is 10. The van der Waals surface area contributed by atoms with E-state index in [1.165, 1.54) is 36.8 Å². The number of unbranched alkanes of at least 4 members (excludes halogenated alkanes) is 3. The lowest BCUT2D eigenvalue weighted by Crippen LogP contribution is -2.09. The van der Waals surface area contributed by atoms with Crippen molar-refractivity contribution in [2.45, 2.75) is 51.0 Å². The van der Waals surface area contributed by atoms with Gasteiger partial charge in [0.15, 0.2) is 5.69 Å². The average molecular weight is 468 g/mol. The molecule has 1 fully saturated rings. The van der Waals surface area contributed by atoms with E-state index in [0.717, 1.165) is 36.5 Å². The van der Waals surface area contributed by atoms with E-state index in [0.29, 0.717) is 23.1 Å². The third-order valence-electron chi connectivity index (χ3n) is 6.80. The first-order valence-electron chi connectivity index (χ1n) is 12.3. The first-order valence-corrected chi connectivity index (χ1v) is 12.3. The largest absolute Gasteiger partial charge is 0.494 e. The maximum absolute atomic E-state index is 12.7. The summed E-state index contributed by atoms with van der Waals surface area (Å²) in [6.07, 6.45) is 6.45. The quantitative estimate of drug-likeness (QED) is 0.103. The van der Waals surface area contributed by atoms with Gasteiger partial charge in [0.2, 0.25) is 0 Å². The Morgan fingerprint density at radius 3 is 2.37 bits per heavy atom. The van der Waals surface area contributed by atoms with E-state index in [1.807, 2.05) is 24.3 Å². The maximum Gasteiger partial charge on any atom is 0.343 e. The van der Waals surface area contributed by atoms with Crippen LogP contribution in [-0.2, 0) is 4.74 Å². The monoisotopic (exact) mass is 467 g/mol. The number of hydrogen-bond donors (Lipinski definition) is 0. The predicted octanol–water partition coefficient (Wildman–Crippen LogP) is 7.32. The third kappa shape index (κ3) is 5.39. The van der Waals surface area contributed by atoms with Gasteiger partial charge in [0.1, 0.15) is 11.5 Å². The molecule has 2 unspecified atom stereocenters. The molecule has 1 aliphatic carbocycles. The number of fused-ring (bicyclic) bond motifs is 3. The Morgan fingerprint density at radius 1 is 0.943 bits per heavy atom. The summed E-state index contributed by atoms with van der Waals surface area (Å²) in [5.41, 5.74) is 5.71. The van der Waals surface area contributed by atoms with E-state index >= 15 is 0 Å². The van der Waals surface area contributed by atoms with Crippen LogP contribution in [0.2, 0.25) is 0 Å². The number of ether oxygens (including phenoxy) is 3. The van der Waals surface area contributed by atoms with Gasteiger partial charge in [-0.3, -0.25) is 0 Å². The van der Waals surface area contributed by atoms with Crippen LogP contribution in [0.5, 0.6) is 11.5 Å². The Labute approximate surface area is 206 Å². The van der Waals surface area contributed by atoms with Crippen LogP contribution in [0.3, 0.4) is 0 Å². The normalized spacial score (nSPS) is 17.3. The van der Waals surface area contributed by atoms with E-state index in [-0.39, 0.29) is 5.92 Å². The third-order valence-corrected chi connectivity index (χ3v) is 6.80. The molecule has 0 aromatic heterocycles. The molecular formula is C30H29NO4. The standard InChI is InChI=1S/C30H29NO4/c1-20-28-17-21(30(32)35-23-11-9-22(31-2)10-12-23)8-14-26(28)27-15-13-24(18-29(20)27)33-16-6-4-3-5-7-25-19-34-25/h8-15,17-18,20,25H,3-7,16,19H2,1H3. The highest BCUT2D eigenvalue weighted by Gasteiger charge is 2.27. The summed E-state index contributed by atoms with van der Waals surface area (Å²) in [5, 5.41) is 0. The summed E-state index contributed by atoms with van der Waals surface area (Å²) in [5.74, 6) is 1.09. The highest BCUT2D eigenvalue weighted by Crippen LogP contribution is 2.46. The maximum atomic E-state index is 12.7. The first kappa shape index (κ1) is 23.1. The Kier molecular flexibility index (Phi) is 6.83. The van der Waals surface area contributed by atoms with Gasteiger partial charge in [-0.15, -0.1) is 0 Å². The fourth-order valence-corrected chi connectivity index (χ4v) is 4.70. The molecule has 0 saturated carbocycles. The molecule has 178 valence electrons. The van der Waals surface area contributed by atoms with Crippen molar-refractivity contribution in [3.05, 3.63) is 88.8 Å². The van der Waals surface area contributed by atoms with E-state index in [4.69, 9.17) is 20.8 Å². The lowest BCUT2D eigenvalue weighted by Gasteiger charge is -2.11. The minimum Gasteiger partial charge on any atom is -0.494 e. The van der Waals surface area contributed by atoms with Gasteiger partial charge in [-0.25, -0.2) is 9.64 Å². The summed E-state index contributed by atoms with van der Waals surface area (Å²) >= 11 is 0. The molecule has 1 heterocycles. The molecule has 5 nitrogen and oxygen atoms in total. The summed E-state index contributed by atoms with van der Waals surface area (Å²) < 4.78 is 16.8. The van der Waals surface area contributed by atoms with Crippen LogP contribution < -0.4 is 9.47 Å². The molecule has 5 rings (SSSR count). The van der Waals surface area contributed by atoms with E-state index in [2.05, 4.69) is 23.9 Å². The Bertz CT molecular complexity index is 1250. The van der Waals surface area contributed by atoms with Crippen LogP contribution in [-0.4, -0.2) is 25.3 Å². The van der Waals surface area contributed by atoms with Crippen molar-refractivity contribution in [1.82, 2.24) is 0 Å². The van der Waals surface area contributed by atoms with Crippen LogP contribution in [0.15, 0.2) is 60.7 Å². The van der Waals surface area contributed by atoms with E-state index in [9.17, 15) is 4.79 Å². The molecule has 2 atom stereocenters. The van der Waals surface area contributed by atoms with Crippen molar-refractivity contribution in [2.75, 3.05) is 13.2 Å². The van der Waals surface area contributed by atoms with Gasteiger partial charge in [0.05, 0.1) is 31.5 Å². The van der Waals surface area contributed by atoms with Crippen LogP contribution in [0, 0.1) is 6.57 Å². The van der Waals surface area contributed by atoms with Crippen molar-refractivity contribution in [3.63, 3.8) is 0 Å². The number of epoxide rings is 1. The first-order chi connectivity index (χ1) is 17.1. The average Bonchev–Trinajstić information content (AvgIpc) is 3.68. The molecule has 1 saturated heterocycles. The highest BCUT2D eigenvalue weighted by atomic mass is 16.6. The molecule has 2 aliphatic rings. The zero-order valence-corrected chi connectivity index (χ0v) is 20.0. The Morgan fingerprint density at radius 2 is 1.63 bits per heavy atom. The molecular weight excluding hydrogens is 438 g/mol. The van der Waals surface area contributed by atoms with Crippen molar-refractivity contribution in [3.8, 4) is 22.6 Å². The summed E-state index contributed by atoms with van der Waals surface area (Å²) in [4.78, 5) is 16.1. The molecule has 5 heteroatoms. The number of esters is 1. The fraction of sp³-hybridized carbons (Fsp3) is 0.333. The molecule has 0 radical (unpaired) electrons. The van der Waals surface area contributed by atoms with Crippen LogP contribution in [0.25, 0.3) is 16.0 Å². The van der Waals surface area contributed by atoms with Gasteiger partial charge >= 0.3 is 5.97 Å². The van der Waals surface area contributed by atoms with Gasteiger partial charge in [0, 0.05) is 5.92 Å². The fourth-order valence-electron chi connectivity index (χ4n) is 4.70. The van der Waals surface area contributed by atoms with Gasteiger partial charge < -0.3 is 14.2 Å². The molecule has 35 heavy (non-hydrogen) atoms. The van der Waals surface area contributed by atoms with Crippen LogP contribution in [0.4, 0.5) is 5.69 Å². The predicted molar refractivity (Wildman–Crippen MR) is 135 cm³/mol. The van der Waals surface area contributed by atoms with Gasteiger partial charge in [-0.2, -0.15) is 0 Å². The van der Waals surface area contributed by atoms with Gasteiger partial charge in [-0.1, -0.05) is 50.5 Å². The summed E-state index contributed by atoms with van der Waals surface area (Å²) in [7, 11) is 0. The van der Waals surface area contributed by atoms with Gasteiger partial charge in [-0.05, 0) is 71.5 Å². The lowest BCUT2D eigenvalue weighted by atomic mass is 9.98. The highest BCUT2D eigenvalue weighted by molar-refractivity contribution is 5.93. The van der Waals surface area contributed by atoms with E-state index < -0.39 is 5.97 Å². The minimum absolute atomic E-state index is 0.166. The smallest absolute Gasteiger partial charge is 0.343 e. The topological polar surface area (TPSA) is 52.4 Å². The molecule has 3 aromatic carbocycles. The summed E-state index contributed by atoms with van der Waals surface area (Å²) in [6.45, 7) is 10.9. The molecule has 1 aliphatic heterocycles. The zero-order valence-electron chi connectivity index (χ0n) is 20.0. The Hall–Kier alpha value is -3.62. The number of carbonyl (C=O) groups excluding carboxylic acids is 1. The number of benzene rings is 3. The molecule has 0 spiro atoms. The zero-order chi connectivity index (χ0) is 24.2. The van der Waals surface area contributed by atoms with Crippen molar-refractivity contribution < 1.29 is 19.0 Å². The van der Waals surface area contributed by atoms with Crippen molar-refractivity contribution in [1.29, 1.82) is 0 Å². The second-order valence-corrected chi connectivity index (χ2v) is 9.27. The Balaban J connectivity index is 1.19. The summed E-state index contributed by atoms with van der Waals surface area (Å²) in [6, 6.07) is 18.6. The molecule has 0 bridgehead atoms. The van der Waals surface area contributed by atoms with Crippen LogP contribution >= 0.6 is 0 Å². The van der Waals surface area contributed by atoms with Crippen LogP contribution in [0.1, 0.15) is 66.4 Å². The number of hydrogen-bond acceptors (Lipinski definition) is 4. The van der Waals surface area contributed by atoms with Crippen molar-refractivity contribution >= 4 is 11.7 Å². The second-order valence-electron chi connectivity index (χ2n) is 9.27. The SMILES string of the molecule is [C-]#[N+]c1ccc(OC(=O)c2ccc3c(c2)C(C)c2cc(OCCCCCCC4CO4)ccc2-3)cc1. The lowest BCUT2D eigenvalue weighted by molar-refractivity contribution is 0.0734. The second kappa shape index (κ2) is 10.3.